The lowest BCUT2D eigenvalue weighted by Gasteiger charge is -2.36. The third-order valence-electron chi connectivity index (χ3n) is 6.54. The van der Waals surface area contributed by atoms with Crippen LogP contribution in [0.25, 0.3) is 0 Å². The molecule has 32 heavy (non-hydrogen) atoms. The predicted molar refractivity (Wildman–Crippen MR) is 120 cm³/mol. The van der Waals surface area contributed by atoms with Crippen molar-refractivity contribution in [3.63, 3.8) is 0 Å². The molecule has 2 saturated heterocycles. The second-order valence-corrected chi connectivity index (χ2v) is 8.93. The molecular formula is C24H25ClFN3O3. The van der Waals surface area contributed by atoms with Crippen molar-refractivity contribution in [2.75, 3.05) is 44.2 Å². The van der Waals surface area contributed by atoms with E-state index in [1.54, 1.807) is 18.2 Å². The molecule has 0 N–H and O–H groups in total. The highest BCUT2D eigenvalue weighted by Crippen LogP contribution is 2.33. The maximum absolute atomic E-state index is 14.2. The molecule has 0 bridgehead atoms. The number of imide groups is 1. The summed E-state index contributed by atoms with van der Waals surface area (Å²) in [6.45, 7) is 4.20. The third kappa shape index (κ3) is 3.89. The lowest BCUT2D eigenvalue weighted by Crippen LogP contribution is -2.46. The molecule has 3 aliphatic rings. The van der Waals surface area contributed by atoms with Crippen molar-refractivity contribution >= 4 is 29.1 Å². The summed E-state index contributed by atoms with van der Waals surface area (Å²) in [6.07, 6.45) is 1.75. The number of piperazine rings is 1. The summed E-state index contributed by atoms with van der Waals surface area (Å²) in [5, 5.41) is 0.434. The van der Waals surface area contributed by atoms with Gasteiger partial charge in [-0.15, -0.1) is 0 Å². The maximum atomic E-state index is 14.2. The van der Waals surface area contributed by atoms with Crippen LogP contribution in [0.2, 0.25) is 5.02 Å². The minimum Gasteiger partial charge on any atom is -0.376 e. The molecule has 1 atom stereocenters. The number of anilines is 1. The largest absolute Gasteiger partial charge is 0.376 e. The number of benzene rings is 2. The zero-order valence-electron chi connectivity index (χ0n) is 17.7. The average molecular weight is 458 g/mol. The van der Waals surface area contributed by atoms with Crippen molar-refractivity contribution in [2.45, 2.75) is 25.5 Å². The first kappa shape index (κ1) is 21.4. The summed E-state index contributed by atoms with van der Waals surface area (Å²) in [6, 6.07) is 10.2. The molecule has 5 rings (SSSR count). The number of hydrogen-bond donors (Lipinski definition) is 0. The van der Waals surface area contributed by atoms with Crippen molar-refractivity contribution in [1.82, 2.24) is 9.80 Å². The number of carbonyl (C=O) groups is 2. The molecule has 3 heterocycles. The number of ether oxygens (including phenoxy) is 1. The monoisotopic (exact) mass is 457 g/mol. The van der Waals surface area contributed by atoms with E-state index in [4.69, 9.17) is 16.3 Å². The minimum absolute atomic E-state index is 0.0746. The molecule has 2 aromatic carbocycles. The summed E-state index contributed by atoms with van der Waals surface area (Å²) >= 11 is 6.18. The fourth-order valence-corrected chi connectivity index (χ4v) is 5.01. The van der Waals surface area contributed by atoms with Gasteiger partial charge < -0.3 is 9.64 Å². The van der Waals surface area contributed by atoms with Gasteiger partial charge in [-0.05, 0) is 37.1 Å². The Bertz CT molecular complexity index is 1030. The number of amides is 2. The van der Waals surface area contributed by atoms with Crippen LogP contribution in [0.5, 0.6) is 0 Å². The van der Waals surface area contributed by atoms with Gasteiger partial charge in [0.1, 0.15) is 5.82 Å². The van der Waals surface area contributed by atoms with Crippen LogP contribution in [0, 0.1) is 5.82 Å². The van der Waals surface area contributed by atoms with Crippen molar-refractivity contribution in [3.8, 4) is 0 Å². The number of hydrogen-bond acceptors (Lipinski definition) is 5. The highest BCUT2D eigenvalue weighted by Gasteiger charge is 2.40. The fourth-order valence-electron chi connectivity index (χ4n) is 4.79. The molecule has 2 aromatic rings. The van der Waals surface area contributed by atoms with Crippen molar-refractivity contribution in [3.05, 3.63) is 63.9 Å². The first-order valence-electron chi connectivity index (χ1n) is 11.0. The Kier molecular flexibility index (Phi) is 5.88. The van der Waals surface area contributed by atoms with Gasteiger partial charge in [0.05, 0.1) is 29.5 Å². The van der Waals surface area contributed by atoms with E-state index < -0.39 is 0 Å². The second-order valence-electron chi connectivity index (χ2n) is 8.52. The van der Waals surface area contributed by atoms with Gasteiger partial charge in [-0.2, -0.15) is 0 Å². The van der Waals surface area contributed by atoms with Crippen molar-refractivity contribution in [1.29, 1.82) is 0 Å². The Balaban J connectivity index is 1.30. The van der Waals surface area contributed by atoms with E-state index in [0.29, 0.717) is 67.6 Å². The summed E-state index contributed by atoms with van der Waals surface area (Å²) in [5.41, 5.74) is 2.25. The van der Waals surface area contributed by atoms with Crippen LogP contribution in [0.15, 0.2) is 36.4 Å². The van der Waals surface area contributed by atoms with E-state index in [9.17, 15) is 14.0 Å². The molecule has 6 nitrogen and oxygen atoms in total. The Hall–Kier alpha value is -2.48. The Morgan fingerprint density at radius 1 is 1.03 bits per heavy atom. The van der Waals surface area contributed by atoms with Crippen LogP contribution in [0.3, 0.4) is 0 Å². The number of halogens is 2. The fraction of sp³-hybridized carbons (Fsp3) is 0.417. The lowest BCUT2D eigenvalue weighted by atomic mass is 10.1. The van der Waals surface area contributed by atoms with E-state index in [1.807, 2.05) is 12.1 Å². The molecule has 0 aliphatic carbocycles. The quantitative estimate of drug-likeness (QED) is 0.642. The van der Waals surface area contributed by atoms with E-state index in [0.717, 1.165) is 18.5 Å². The molecule has 0 saturated carbocycles. The molecule has 2 fully saturated rings. The Morgan fingerprint density at radius 2 is 1.81 bits per heavy atom. The topological polar surface area (TPSA) is 53.1 Å². The summed E-state index contributed by atoms with van der Waals surface area (Å²) in [5.74, 6) is -0.775. The van der Waals surface area contributed by atoms with Crippen molar-refractivity contribution < 1.29 is 18.7 Å². The van der Waals surface area contributed by atoms with E-state index in [2.05, 4.69) is 9.80 Å². The van der Waals surface area contributed by atoms with Gasteiger partial charge in [-0.25, -0.2) is 4.39 Å². The van der Waals surface area contributed by atoms with Gasteiger partial charge in [-0.1, -0.05) is 23.7 Å². The zero-order chi connectivity index (χ0) is 22.2. The predicted octanol–water partition coefficient (Wildman–Crippen LogP) is 3.58. The number of fused-ring (bicyclic) bond motifs is 1. The number of rotatable bonds is 5. The van der Waals surface area contributed by atoms with Gasteiger partial charge in [0.15, 0.2) is 0 Å². The molecule has 3 aliphatic heterocycles. The standard InChI is InChI=1S/C24H25ClFN3O3/c25-19-6-2-7-20(26)18(19)15-27-9-11-28(12-10-27)21-8-1-5-17-22(21)24(31)29(23(17)30)14-16-4-3-13-32-16/h1-2,5-8,16H,3-4,9-15H2. The SMILES string of the molecule is O=C1c2cccc(N3CCN(Cc4c(F)cccc4Cl)CC3)c2C(=O)N1CC1CCCO1. The summed E-state index contributed by atoms with van der Waals surface area (Å²) < 4.78 is 19.8. The van der Waals surface area contributed by atoms with Gasteiger partial charge >= 0.3 is 0 Å². The molecule has 1 unspecified atom stereocenters. The molecule has 0 spiro atoms. The van der Waals surface area contributed by atoms with E-state index in [-0.39, 0.29) is 23.7 Å². The van der Waals surface area contributed by atoms with Crippen LogP contribution < -0.4 is 4.90 Å². The first-order valence-corrected chi connectivity index (χ1v) is 11.4. The molecule has 0 radical (unpaired) electrons. The summed E-state index contributed by atoms with van der Waals surface area (Å²) in [4.78, 5) is 31.7. The molecule has 168 valence electrons. The van der Waals surface area contributed by atoms with Gasteiger partial charge in [0.2, 0.25) is 0 Å². The van der Waals surface area contributed by atoms with Gasteiger partial charge in [-0.3, -0.25) is 19.4 Å². The molecular weight excluding hydrogens is 433 g/mol. The molecule has 8 heteroatoms. The third-order valence-corrected chi connectivity index (χ3v) is 6.90. The van der Waals surface area contributed by atoms with Gasteiger partial charge in [0.25, 0.3) is 11.8 Å². The first-order chi connectivity index (χ1) is 15.5. The van der Waals surface area contributed by atoms with Crippen LogP contribution in [0.4, 0.5) is 10.1 Å². The lowest BCUT2D eigenvalue weighted by molar-refractivity contribution is 0.0475. The zero-order valence-corrected chi connectivity index (χ0v) is 18.5. The Morgan fingerprint density at radius 3 is 2.53 bits per heavy atom. The summed E-state index contributed by atoms with van der Waals surface area (Å²) in [7, 11) is 0. The van der Waals surface area contributed by atoms with Crippen molar-refractivity contribution in [2.24, 2.45) is 0 Å². The minimum atomic E-state index is -0.295. The molecule has 0 aromatic heterocycles. The van der Waals surface area contributed by atoms with Crippen LogP contribution >= 0.6 is 11.6 Å². The van der Waals surface area contributed by atoms with E-state index >= 15 is 0 Å². The average Bonchev–Trinajstić information content (AvgIpc) is 3.40. The number of carbonyl (C=O) groups excluding carboxylic acids is 2. The van der Waals surface area contributed by atoms with E-state index in [1.165, 1.54) is 11.0 Å². The smallest absolute Gasteiger partial charge is 0.263 e. The van der Waals surface area contributed by atoms with Gasteiger partial charge in [0, 0.05) is 49.9 Å². The van der Waals surface area contributed by atoms with Crippen LogP contribution in [-0.4, -0.2) is 67.0 Å². The second kappa shape index (κ2) is 8.81. The van der Waals surface area contributed by atoms with Crippen LogP contribution in [0.1, 0.15) is 39.1 Å². The normalized spacial score (nSPS) is 21.5. The Labute approximate surface area is 191 Å². The number of nitrogens with zero attached hydrogens (tertiary/aromatic N) is 3. The maximum Gasteiger partial charge on any atom is 0.263 e. The highest BCUT2D eigenvalue weighted by molar-refractivity contribution is 6.31. The molecule has 2 amide bonds. The highest BCUT2D eigenvalue weighted by atomic mass is 35.5. The van der Waals surface area contributed by atoms with Crippen LogP contribution in [-0.2, 0) is 11.3 Å².